The molecule has 1 aliphatic heterocycles. The van der Waals surface area contributed by atoms with E-state index >= 15 is 0 Å². The summed E-state index contributed by atoms with van der Waals surface area (Å²) < 4.78 is 43.0. The van der Waals surface area contributed by atoms with Crippen LogP contribution >= 0.6 is 0 Å². The van der Waals surface area contributed by atoms with Crippen LogP contribution in [-0.2, 0) is 14.6 Å². The second-order valence-electron chi connectivity index (χ2n) is 4.07. The Morgan fingerprint density at radius 3 is 2.76 bits per heavy atom. The van der Waals surface area contributed by atoms with E-state index in [-0.39, 0.29) is 17.2 Å². The molecular formula is C11H14FNO3S. The van der Waals surface area contributed by atoms with Crippen molar-refractivity contribution in [2.24, 2.45) is 0 Å². The highest BCUT2D eigenvalue weighted by Gasteiger charge is 2.31. The molecule has 1 heterocycles. The van der Waals surface area contributed by atoms with E-state index in [0.29, 0.717) is 19.4 Å². The summed E-state index contributed by atoms with van der Waals surface area (Å²) in [5.74, 6) is -0.796. The van der Waals surface area contributed by atoms with Crippen molar-refractivity contribution >= 4 is 15.5 Å². The number of hydrogen-bond acceptors (Lipinski definition) is 4. The van der Waals surface area contributed by atoms with Gasteiger partial charge in [0.2, 0.25) is 0 Å². The fourth-order valence-electron chi connectivity index (χ4n) is 1.88. The zero-order valence-corrected chi connectivity index (χ0v) is 10.0. The van der Waals surface area contributed by atoms with E-state index in [1.807, 2.05) is 0 Å². The molecule has 1 unspecified atom stereocenters. The Kier molecular flexibility index (Phi) is 3.35. The lowest BCUT2D eigenvalue weighted by molar-refractivity contribution is 0.0990. The number of nitrogens with two attached hydrogens (primary N) is 1. The summed E-state index contributed by atoms with van der Waals surface area (Å²) in [6.45, 7) is 0.697. The van der Waals surface area contributed by atoms with Crippen LogP contribution in [0.15, 0.2) is 23.1 Å². The summed E-state index contributed by atoms with van der Waals surface area (Å²) in [5, 5.41) is -0.658. The smallest absolute Gasteiger partial charge is 0.186 e. The van der Waals surface area contributed by atoms with Gasteiger partial charge in [-0.3, -0.25) is 0 Å². The van der Waals surface area contributed by atoms with Gasteiger partial charge < -0.3 is 10.5 Å². The van der Waals surface area contributed by atoms with Gasteiger partial charge >= 0.3 is 0 Å². The van der Waals surface area contributed by atoms with Crippen LogP contribution in [0.2, 0.25) is 0 Å². The molecule has 2 N–H and O–H groups in total. The molecule has 1 atom stereocenters. The van der Waals surface area contributed by atoms with Crippen LogP contribution in [0.25, 0.3) is 0 Å². The Hall–Kier alpha value is -1.14. The number of hydrogen-bond donors (Lipinski definition) is 1. The molecule has 17 heavy (non-hydrogen) atoms. The highest BCUT2D eigenvalue weighted by Crippen LogP contribution is 2.25. The molecule has 1 aromatic rings. The first-order valence-electron chi connectivity index (χ1n) is 5.38. The highest BCUT2D eigenvalue weighted by atomic mass is 32.2. The van der Waals surface area contributed by atoms with E-state index < -0.39 is 20.9 Å². The predicted octanol–water partition coefficient (Wildman–Crippen LogP) is 1.36. The van der Waals surface area contributed by atoms with Gasteiger partial charge in [0.05, 0.1) is 11.9 Å². The molecule has 4 nitrogen and oxygen atoms in total. The van der Waals surface area contributed by atoms with Gasteiger partial charge in [-0.2, -0.15) is 0 Å². The first kappa shape index (κ1) is 12.3. The number of sulfone groups is 1. The zero-order chi connectivity index (χ0) is 12.5. The van der Waals surface area contributed by atoms with E-state index in [4.69, 9.17) is 10.5 Å². The van der Waals surface area contributed by atoms with Crippen LogP contribution in [-0.4, -0.2) is 26.9 Å². The number of halogens is 1. The summed E-state index contributed by atoms with van der Waals surface area (Å²) in [6, 6.07) is 3.63. The molecule has 94 valence electrons. The van der Waals surface area contributed by atoms with Gasteiger partial charge in [0.25, 0.3) is 0 Å². The van der Waals surface area contributed by atoms with Crippen molar-refractivity contribution in [1.82, 2.24) is 0 Å². The molecule has 1 aliphatic rings. The summed E-state index contributed by atoms with van der Waals surface area (Å²) in [5.41, 5.74) is 5.60. The van der Waals surface area contributed by atoms with E-state index in [1.54, 1.807) is 0 Å². The van der Waals surface area contributed by atoms with Crippen LogP contribution in [0.5, 0.6) is 0 Å². The maximum atomic E-state index is 13.6. The van der Waals surface area contributed by atoms with Gasteiger partial charge in [0.1, 0.15) is 10.7 Å². The van der Waals surface area contributed by atoms with Gasteiger partial charge in [-0.1, -0.05) is 0 Å². The van der Waals surface area contributed by atoms with Gasteiger partial charge in [-0.25, -0.2) is 12.8 Å². The average Bonchev–Trinajstić information content (AvgIpc) is 2.29. The zero-order valence-electron chi connectivity index (χ0n) is 9.23. The normalized spacial score (nSPS) is 21.4. The van der Waals surface area contributed by atoms with Crippen molar-refractivity contribution in [2.45, 2.75) is 23.0 Å². The van der Waals surface area contributed by atoms with Crippen LogP contribution in [0.1, 0.15) is 12.8 Å². The van der Waals surface area contributed by atoms with Crippen LogP contribution in [0.4, 0.5) is 10.1 Å². The third-order valence-corrected chi connectivity index (χ3v) is 5.01. The maximum Gasteiger partial charge on any atom is 0.186 e. The number of benzene rings is 1. The van der Waals surface area contributed by atoms with Crippen molar-refractivity contribution in [3.8, 4) is 0 Å². The molecule has 1 fully saturated rings. The molecule has 0 spiro atoms. The Morgan fingerprint density at radius 1 is 1.41 bits per heavy atom. The molecule has 0 amide bonds. The maximum absolute atomic E-state index is 13.6. The van der Waals surface area contributed by atoms with Crippen LogP contribution in [0.3, 0.4) is 0 Å². The number of nitrogen functional groups attached to an aromatic ring is 1. The number of ether oxygens (including phenoxy) is 1. The van der Waals surface area contributed by atoms with Gasteiger partial charge in [0, 0.05) is 12.3 Å². The second kappa shape index (κ2) is 4.62. The third kappa shape index (κ3) is 2.42. The van der Waals surface area contributed by atoms with Crippen molar-refractivity contribution in [2.75, 3.05) is 18.9 Å². The van der Waals surface area contributed by atoms with Crippen LogP contribution in [0, 0.1) is 5.82 Å². The van der Waals surface area contributed by atoms with E-state index in [2.05, 4.69) is 0 Å². The molecule has 1 aromatic carbocycles. The summed E-state index contributed by atoms with van der Waals surface area (Å²) in [6.07, 6.45) is 1.19. The van der Waals surface area contributed by atoms with E-state index in [0.717, 1.165) is 6.07 Å². The molecule has 2 rings (SSSR count). The second-order valence-corrected chi connectivity index (χ2v) is 6.27. The molecular weight excluding hydrogens is 245 g/mol. The first-order valence-corrected chi connectivity index (χ1v) is 6.93. The molecule has 0 radical (unpaired) electrons. The molecule has 1 saturated heterocycles. The van der Waals surface area contributed by atoms with Crippen molar-refractivity contribution in [3.63, 3.8) is 0 Å². The lowest BCUT2D eigenvalue weighted by Crippen LogP contribution is -2.31. The standard InChI is InChI=1S/C11H14FNO3S/c12-10-6-8(13)3-4-11(10)17(14,15)9-2-1-5-16-7-9/h3-4,6,9H,1-2,5,7,13H2. The fourth-order valence-corrected chi connectivity index (χ4v) is 3.58. The number of anilines is 1. The van der Waals surface area contributed by atoms with Crippen molar-refractivity contribution in [1.29, 1.82) is 0 Å². The molecule has 0 saturated carbocycles. The Balaban J connectivity index is 2.37. The van der Waals surface area contributed by atoms with Crippen LogP contribution < -0.4 is 5.73 Å². The topological polar surface area (TPSA) is 69.4 Å². The van der Waals surface area contributed by atoms with E-state index in [1.165, 1.54) is 12.1 Å². The SMILES string of the molecule is Nc1ccc(S(=O)(=O)C2CCCOC2)c(F)c1. The van der Waals surface area contributed by atoms with Gasteiger partial charge in [-0.05, 0) is 31.0 Å². The minimum atomic E-state index is -3.67. The Bertz CT molecular complexity index is 509. The minimum Gasteiger partial charge on any atom is -0.399 e. The molecule has 6 heteroatoms. The molecule has 0 aliphatic carbocycles. The monoisotopic (exact) mass is 259 g/mol. The highest BCUT2D eigenvalue weighted by molar-refractivity contribution is 7.92. The number of rotatable bonds is 2. The third-order valence-electron chi connectivity index (χ3n) is 2.82. The summed E-state index contributed by atoms with van der Waals surface area (Å²) >= 11 is 0. The van der Waals surface area contributed by atoms with Gasteiger partial charge in [-0.15, -0.1) is 0 Å². The quantitative estimate of drug-likeness (QED) is 0.814. The molecule has 0 bridgehead atoms. The lowest BCUT2D eigenvalue weighted by atomic mass is 10.2. The first-order chi connectivity index (χ1) is 8.01. The average molecular weight is 259 g/mol. The van der Waals surface area contributed by atoms with Crippen molar-refractivity contribution in [3.05, 3.63) is 24.0 Å². The predicted molar refractivity (Wildman–Crippen MR) is 61.8 cm³/mol. The van der Waals surface area contributed by atoms with Gasteiger partial charge in [0.15, 0.2) is 9.84 Å². The largest absolute Gasteiger partial charge is 0.399 e. The van der Waals surface area contributed by atoms with E-state index in [9.17, 15) is 12.8 Å². The fraction of sp³-hybridized carbons (Fsp3) is 0.455. The summed E-state index contributed by atoms with van der Waals surface area (Å²) in [7, 11) is -3.67. The molecule has 0 aromatic heterocycles. The lowest BCUT2D eigenvalue weighted by Gasteiger charge is -2.22. The summed E-state index contributed by atoms with van der Waals surface area (Å²) in [4.78, 5) is -0.290. The Morgan fingerprint density at radius 2 is 2.18 bits per heavy atom. The minimum absolute atomic E-state index is 0.131. The van der Waals surface area contributed by atoms with Crippen molar-refractivity contribution < 1.29 is 17.5 Å². The Labute approximate surface area is 99.5 Å².